The predicted molar refractivity (Wildman–Crippen MR) is 137 cm³/mol. The van der Waals surface area contributed by atoms with E-state index in [0.717, 1.165) is 45.3 Å². The number of unbranched alkanes of at least 4 members (excludes halogenated alkanes) is 15. The molecule has 0 rings (SSSR count). The zero-order valence-corrected chi connectivity index (χ0v) is 21.8. The molecule has 0 aromatic rings. The van der Waals surface area contributed by atoms with Gasteiger partial charge in [-0.25, -0.2) is 0 Å². The summed E-state index contributed by atoms with van der Waals surface area (Å²) in [5.74, 6) is -0.647. The molecule has 6 heteroatoms. The average Bonchev–Trinajstić information content (AvgIpc) is 2.80. The number of carbonyl (C=O) groups is 2. The molecule has 6 nitrogen and oxygen atoms in total. The SMILES string of the molecule is CCCCCOC(CC)NC(=O)CNCCCCCCCCCCCCCCCCC(=O)O. The Bertz CT molecular complexity index is 446. The van der Waals surface area contributed by atoms with Crippen molar-refractivity contribution in [2.45, 2.75) is 142 Å². The highest BCUT2D eigenvalue weighted by Crippen LogP contribution is 2.13. The smallest absolute Gasteiger partial charge is 0.303 e. The van der Waals surface area contributed by atoms with Crippen molar-refractivity contribution in [1.82, 2.24) is 10.6 Å². The van der Waals surface area contributed by atoms with Crippen molar-refractivity contribution in [1.29, 1.82) is 0 Å². The maximum atomic E-state index is 12.0. The number of rotatable bonds is 26. The van der Waals surface area contributed by atoms with Gasteiger partial charge in [-0.3, -0.25) is 9.59 Å². The van der Waals surface area contributed by atoms with Gasteiger partial charge in [0.25, 0.3) is 0 Å². The Labute approximate surface area is 204 Å². The second-order valence-electron chi connectivity index (χ2n) is 9.31. The summed E-state index contributed by atoms with van der Waals surface area (Å²) in [6.07, 6.45) is 21.6. The van der Waals surface area contributed by atoms with E-state index in [9.17, 15) is 9.59 Å². The summed E-state index contributed by atoms with van der Waals surface area (Å²) in [5, 5.41) is 14.8. The van der Waals surface area contributed by atoms with E-state index in [-0.39, 0.29) is 12.1 Å². The van der Waals surface area contributed by atoms with Crippen LogP contribution in [-0.4, -0.2) is 42.9 Å². The number of ether oxygens (including phenoxy) is 1. The molecule has 1 unspecified atom stereocenters. The van der Waals surface area contributed by atoms with Crippen LogP contribution in [0.3, 0.4) is 0 Å². The number of carbonyl (C=O) groups excluding carboxylic acids is 1. The third kappa shape index (κ3) is 25.3. The van der Waals surface area contributed by atoms with E-state index < -0.39 is 5.97 Å². The van der Waals surface area contributed by atoms with Gasteiger partial charge in [0.15, 0.2) is 0 Å². The summed E-state index contributed by atoms with van der Waals surface area (Å²) in [4.78, 5) is 22.4. The number of hydrogen-bond donors (Lipinski definition) is 3. The van der Waals surface area contributed by atoms with Gasteiger partial charge in [-0.2, -0.15) is 0 Å². The van der Waals surface area contributed by atoms with E-state index in [0.29, 0.717) is 13.0 Å². The quantitative estimate of drug-likeness (QED) is 0.0982. The number of carboxylic acids is 1. The monoisotopic (exact) mass is 470 g/mol. The van der Waals surface area contributed by atoms with Gasteiger partial charge in [-0.15, -0.1) is 0 Å². The standard InChI is InChI=1S/C27H54N2O4/c1-3-5-20-23-33-26(4-2)29-25(30)24-28-22-19-17-15-13-11-9-7-6-8-10-12-14-16-18-21-27(31)32/h26,28H,3-24H2,1-2H3,(H,29,30)(H,31,32). The first kappa shape index (κ1) is 31.9. The molecule has 0 aliphatic rings. The molecule has 0 fully saturated rings. The van der Waals surface area contributed by atoms with Crippen LogP contribution in [0.1, 0.15) is 136 Å². The first-order chi connectivity index (χ1) is 16.1. The number of hydrogen-bond acceptors (Lipinski definition) is 4. The van der Waals surface area contributed by atoms with E-state index in [1.165, 1.54) is 83.5 Å². The van der Waals surface area contributed by atoms with Crippen molar-refractivity contribution in [3.63, 3.8) is 0 Å². The lowest BCUT2D eigenvalue weighted by Gasteiger charge is -2.18. The van der Waals surface area contributed by atoms with Crippen molar-refractivity contribution in [2.75, 3.05) is 19.7 Å². The molecular formula is C27H54N2O4. The Hall–Kier alpha value is -1.14. The van der Waals surface area contributed by atoms with Gasteiger partial charge < -0.3 is 20.5 Å². The normalized spacial score (nSPS) is 12.1. The maximum absolute atomic E-state index is 12.0. The van der Waals surface area contributed by atoms with Crippen LogP contribution in [-0.2, 0) is 14.3 Å². The van der Waals surface area contributed by atoms with Gasteiger partial charge in [0.2, 0.25) is 5.91 Å². The number of nitrogens with one attached hydrogen (secondary N) is 2. The molecule has 0 spiro atoms. The molecule has 0 aromatic heterocycles. The van der Waals surface area contributed by atoms with E-state index >= 15 is 0 Å². The Morgan fingerprint density at radius 3 is 1.73 bits per heavy atom. The summed E-state index contributed by atoms with van der Waals surface area (Å²) in [5.41, 5.74) is 0. The van der Waals surface area contributed by atoms with Crippen LogP contribution in [0.25, 0.3) is 0 Å². The summed E-state index contributed by atoms with van der Waals surface area (Å²) in [6, 6.07) is 0. The van der Waals surface area contributed by atoms with Crippen molar-refractivity contribution >= 4 is 11.9 Å². The molecule has 0 radical (unpaired) electrons. The lowest BCUT2D eigenvalue weighted by atomic mass is 10.0. The molecule has 1 amide bonds. The van der Waals surface area contributed by atoms with Gasteiger partial charge in [-0.05, 0) is 32.2 Å². The zero-order chi connectivity index (χ0) is 24.4. The van der Waals surface area contributed by atoms with E-state index in [1.807, 2.05) is 6.92 Å². The topological polar surface area (TPSA) is 87.7 Å². The van der Waals surface area contributed by atoms with Gasteiger partial charge in [0, 0.05) is 13.0 Å². The molecule has 0 bridgehead atoms. The molecule has 0 aliphatic heterocycles. The summed E-state index contributed by atoms with van der Waals surface area (Å²) in [6.45, 7) is 6.20. The molecule has 0 saturated carbocycles. The highest BCUT2D eigenvalue weighted by atomic mass is 16.5. The molecule has 0 aromatic carbocycles. The molecule has 0 aliphatic carbocycles. The molecule has 0 heterocycles. The first-order valence-electron chi connectivity index (χ1n) is 13.9. The molecule has 1 atom stereocenters. The average molecular weight is 471 g/mol. The Morgan fingerprint density at radius 2 is 1.24 bits per heavy atom. The van der Waals surface area contributed by atoms with Gasteiger partial charge in [-0.1, -0.05) is 104 Å². The van der Waals surface area contributed by atoms with Crippen molar-refractivity contribution in [2.24, 2.45) is 0 Å². The molecule has 196 valence electrons. The molecule has 3 N–H and O–H groups in total. The van der Waals surface area contributed by atoms with E-state index in [4.69, 9.17) is 9.84 Å². The summed E-state index contributed by atoms with van der Waals surface area (Å²) in [7, 11) is 0. The van der Waals surface area contributed by atoms with Crippen LogP contribution in [0.5, 0.6) is 0 Å². The first-order valence-corrected chi connectivity index (χ1v) is 13.9. The predicted octanol–water partition coefficient (Wildman–Crippen LogP) is 6.57. The fourth-order valence-electron chi connectivity index (χ4n) is 3.92. The van der Waals surface area contributed by atoms with Gasteiger partial charge in [0.05, 0.1) is 6.54 Å². The van der Waals surface area contributed by atoms with Crippen LogP contribution in [0, 0.1) is 0 Å². The minimum Gasteiger partial charge on any atom is -0.481 e. The van der Waals surface area contributed by atoms with Crippen LogP contribution in [0.2, 0.25) is 0 Å². The number of amides is 1. The minimum absolute atomic E-state index is 0.0236. The molecule has 33 heavy (non-hydrogen) atoms. The molecular weight excluding hydrogens is 416 g/mol. The Kier molecular flexibility index (Phi) is 24.6. The fourth-order valence-corrected chi connectivity index (χ4v) is 3.92. The van der Waals surface area contributed by atoms with Crippen molar-refractivity contribution in [3.05, 3.63) is 0 Å². The van der Waals surface area contributed by atoms with Crippen LogP contribution in [0.15, 0.2) is 0 Å². The van der Waals surface area contributed by atoms with E-state index in [1.54, 1.807) is 0 Å². The van der Waals surface area contributed by atoms with Gasteiger partial charge >= 0.3 is 5.97 Å². The van der Waals surface area contributed by atoms with Crippen molar-refractivity contribution in [3.8, 4) is 0 Å². The number of aliphatic carboxylic acids is 1. The van der Waals surface area contributed by atoms with E-state index in [2.05, 4.69) is 17.6 Å². The van der Waals surface area contributed by atoms with Crippen molar-refractivity contribution < 1.29 is 19.4 Å². The third-order valence-electron chi connectivity index (χ3n) is 6.04. The lowest BCUT2D eigenvalue weighted by Crippen LogP contribution is -2.41. The zero-order valence-electron chi connectivity index (χ0n) is 21.8. The highest BCUT2D eigenvalue weighted by Gasteiger charge is 2.09. The minimum atomic E-state index is -0.671. The highest BCUT2D eigenvalue weighted by molar-refractivity contribution is 5.78. The third-order valence-corrected chi connectivity index (χ3v) is 6.04. The maximum Gasteiger partial charge on any atom is 0.303 e. The Balaban J connectivity index is 3.29. The Morgan fingerprint density at radius 1 is 0.727 bits per heavy atom. The van der Waals surface area contributed by atoms with Crippen LogP contribution < -0.4 is 10.6 Å². The van der Waals surface area contributed by atoms with Gasteiger partial charge in [0.1, 0.15) is 6.23 Å². The summed E-state index contributed by atoms with van der Waals surface area (Å²) >= 11 is 0. The lowest BCUT2D eigenvalue weighted by molar-refractivity contribution is -0.137. The fraction of sp³-hybridized carbons (Fsp3) is 0.926. The number of carboxylic acid groups (broad SMARTS) is 1. The molecule has 0 saturated heterocycles. The van der Waals surface area contributed by atoms with Crippen LogP contribution >= 0.6 is 0 Å². The summed E-state index contributed by atoms with van der Waals surface area (Å²) < 4.78 is 5.73. The largest absolute Gasteiger partial charge is 0.481 e. The second-order valence-corrected chi connectivity index (χ2v) is 9.31. The second kappa shape index (κ2) is 25.5. The van der Waals surface area contributed by atoms with Crippen LogP contribution in [0.4, 0.5) is 0 Å².